The fourth-order valence-corrected chi connectivity index (χ4v) is 4.45. The second-order valence-electron chi connectivity index (χ2n) is 9.10. The quantitative estimate of drug-likeness (QED) is 0.355. The number of hydrogen-bond donors (Lipinski definition) is 0. The standard InChI is InChI=1S/C27H22ClNO3/c1-27(2,3)17-11-9-16(10-12-17)23-22-24(30)20-15-18(28)13-14-21(20)32-25(22)26(31)29(23)19-7-5-4-6-8-19/h4-15,23H,1-3H3. The maximum Gasteiger partial charge on any atom is 0.295 e. The number of carbonyl (C=O) groups excluding carboxylic acids is 1. The van der Waals surface area contributed by atoms with Gasteiger partial charge >= 0.3 is 0 Å². The van der Waals surface area contributed by atoms with Gasteiger partial charge in [0.15, 0.2) is 5.43 Å². The van der Waals surface area contributed by atoms with Crippen molar-refractivity contribution >= 4 is 34.2 Å². The Morgan fingerprint density at radius 1 is 0.906 bits per heavy atom. The summed E-state index contributed by atoms with van der Waals surface area (Å²) in [5, 5.41) is 0.815. The summed E-state index contributed by atoms with van der Waals surface area (Å²) in [5.74, 6) is -0.247. The van der Waals surface area contributed by atoms with Gasteiger partial charge in [0, 0.05) is 10.7 Å². The maximum absolute atomic E-state index is 13.6. The smallest absolute Gasteiger partial charge is 0.295 e. The molecule has 0 spiro atoms. The summed E-state index contributed by atoms with van der Waals surface area (Å²) in [5.41, 5.74) is 3.18. The van der Waals surface area contributed by atoms with Gasteiger partial charge in [-0.15, -0.1) is 0 Å². The Labute approximate surface area is 191 Å². The highest BCUT2D eigenvalue weighted by atomic mass is 35.5. The van der Waals surface area contributed by atoms with Gasteiger partial charge in [0.1, 0.15) is 5.58 Å². The van der Waals surface area contributed by atoms with E-state index in [1.54, 1.807) is 23.1 Å². The highest BCUT2D eigenvalue weighted by Gasteiger charge is 2.43. The van der Waals surface area contributed by atoms with E-state index >= 15 is 0 Å². The van der Waals surface area contributed by atoms with Crippen LogP contribution in [0.4, 0.5) is 5.69 Å². The molecule has 0 fully saturated rings. The first kappa shape index (κ1) is 20.5. The van der Waals surface area contributed by atoms with Crippen LogP contribution >= 0.6 is 11.6 Å². The molecular weight excluding hydrogens is 422 g/mol. The number of rotatable bonds is 2. The van der Waals surface area contributed by atoms with Crippen LogP contribution in [0, 0.1) is 0 Å². The van der Waals surface area contributed by atoms with E-state index in [-0.39, 0.29) is 22.5 Å². The molecule has 0 aliphatic carbocycles. The monoisotopic (exact) mass is 443 g/mol. The van der Waals surface area contributed by atoms with E-state index in [2.05, 4.69) is 32.9 Å². The second kappa shape index (κ2) is 7.35. The largest absolute Gasteiger partial charge is 0.450 e. The molecule has 32 heavy (non-hydrogen) atoms. The minimum atomic E-state index is -0.589. The summed E-state index contributed by atoms with van der Waals surface area (Å²) in [6, 6.07) is 21.7. The molecule has 1 amide bonds. The van der Waals surface area contributed by atoms with Gasteiger partial charge in [-0.05, 0) is 46.9 Å². The first-order valence-electron chi connectivity index (χ1n) is 10.5. The predicted octanol–water partition coefficient (Wildman–Crippen LogP) is 6.49. The molecule has 0 saturated carbocycles. The molecule has 1 aromatic heterocycles. The fraction of sp³-hybridized carbons (Fsp3) is 0.185. The van der Waals surface area contributed by atoms with Gasteiger partial charge in [-0.2, -0.15) is 0 Å². The molecule has 3 aromatic carbocycles. The van der Waals surface area contributed by atoms with Gasteiger partial charge in [-0.1, -0.05) is 74.8 Å². The number of carbonyl (C=O) groups is 1. The van der Waals surface area contributed by atoms with Crippen molar-refractivity contribution in [1.29, 1.82) is 0 Å². The van der Waals surface area contributed by atoms with Gasteiger partial charge in [0.25, 0.3) is 5.91 Å². The van der Waals surface area contributed by atoms with Crippen molar-refractivity contribution in [1.82, 2.24) is 0 Å². The van der Waals surface area contributed by atoms with E-state index in [1.165, 1.54) is 5.56 Å². The third-order valence-corrected chi connectivity index (χ3v) is 6.19. The van der Waals surface area contributed by atoms with Crippen LogP contribution in [0.2, 0.25) is 5.02 Å². The van der Waals surface area contributed by atoms with Gasteiger partial charge < -0.3 is 4.42 Å². The van der Waals surface area contributed by atoms with Crippen LogP contribution in [0.3, 0.4) is 0 Å². The summed E-state index contributed by atoms with van der Waals surface area (Å²) in [6.07, 6.45) is 0. The van der Waals surface area contributed by atoms with Crippen molar-refractivity contribution in [2.75, 3.05) is 4.90 Å². The molecule has 0 bridgehead atoms. The number of benzene rings is 3. The summed E-state index contributed by atoms with van der Waals surface area (Å²) >= 11 is 6.15. The topological polar surface area (TPSA) is 50.5 Å². The summed E-state index contributed by atoms with van der Waals surface area (Å²) in [6.45, 7) is 6.45. The summed E-state index contributed by atoms with van der Waals surface area (Å²) < 4.78 is 5.98. The number of amides is 1. The molecule has 4 aromatic rings. The van der Waals surface area contributed by atoms with Crippen molar-refractivity contribution in [3.05, 3.63) is 110 Å². The molecule has 0 radical (unpaired) electrons. The first-order chi connectivity index (χ1) is 15.3. The number of hydrogen-bond acceptors (Lipinski definition) is 3. The van der Waals surface area contributed by atoms with Crippen LogP contribution in [0.15, 0.2) is 82.0 Å². The van der Waals surface area contributed by atoms with E-state index in [9.17, 15) is 9.59 Å². The number of nitrogens with zero attached hydrogens (tertiary/aromatic N) is 1. The van der Waals surface area contributed by atoms with Gasteiger partial charge in [-0.25, -0.2) is 0 Å². The average molecular weight is 444 g/mol. The molecule has 1 unspecified atom stereocenters. The minimum Gasteiger partial charge on any atom is -0.450 e. The van der Waals surface area contributed by atoms with Crippen LogP contribution in [0.1, 0.15) is 54.1 Å². The van der Waals surface area contributed by atoms with Crippen molar-refractivity contribution in [2.24, 2.45) is 0 Å². The zero-order valence-electron chi connectivity index (χ0n) is 18.1. The third-order valence-electron chi connectivity index (χ3n) is 5.96. The van der Waals surface area contributed by atoms with E-state index in [1.807, 2.05) is 42.5 Å². The van der Waals surface area contributed by atoms with Crippen LogP contribution in [0.25, 0.3) is 11.0 Å². The van der Waals surface area contributed by atoms with Gasteiger partial charge in [-0.3, -0.25) is 14.5 Å². The van der Waals surface area contributed by atoms with E-state index in [0.717, 1.165) is 5.56 Å². The molecule has 1 aliphatic heterocycles. The Morgan fingerprint density at radius 3 is 2.25 bits per heavy atom. The van der Waals surface area contributed by atoms with Crippen molar-refractivity contribution in [2.45, 2.75) is 32.2 Å². The molecule has 4 nitrogen and oxygen atoms in total. The maximum atomic E-state index is 13.6. The predicted molar refractivity (Wildman–Crippen MR) is 128 cm³/mol. The molecule has 5 heteroatoms. The normalized spacial score (nSPS) is 15.9. The molecule has 1 atom stereocenters. The Balaban J connectivity index is 1.77. The lowest BCUT2D eigenvalue weighted by Crippen LogP contribution is -2.29. The highest BCUT2D eigenvalue weighted by molar-refractivity contribution is 6.31. The van der Waals surface area contributed by atoms with Gasteiger partial charge in [0.2, 0.25) is 5.76 Å². The Hall–Kier alpha value is -3.37. The number of fused-ring (bicyclic) bond motifs is 2. The number of halogens is 1. The van der Waals surface area contributed by atoms with Crippen LogP contribution in [-0.2, 0) is 5.41 Å². The highest BCUT2D eigenvalue weighted by Crippen LogP contribution is 2.41. The molecular formula is C27H22ClNO3. The fourth-order valence-electron chi connectivity index (χ4n) is 4.28. The van der Waals surface area contributed by atoms with Crippen molar-refractivity contribution in [3.8, 4) is 0 Å². The Bertz CT molecular complexity index is 1400. The zero-order chi connectivity index (χ0) is 22.6. The molecule has 160 valence electrons. The van der Waals surface area contributed by atoms with E-state index < -0.39 is 6.04 Å². The van der Waals surface area contributed by atoms with Crippen LogP contribution < -0.4 is 10.3 Å². The molecule has 5 rings (SSSR count). The van der Waals surface area contributed by atoms with E-state index in [0.29, 0.717) is 27.2 Å². The number of anilines is 1. The third kappa shape index (κ3) is 3.23. The Morgan fingerprint density at radius 2 is 1.59 bits per heavy atom. The summed E-state index contributed by atoms with van der Waals surface area (Å²) in [7, 11) is 0. The molecule has 2 heterocycles. The van der Waals surface area contributed by atoms with Crippen LogP contribution in [-0.4, -0.2) is 5.91 Å². The minimum absolute atomic E-state index is 0.00692. The molecule has 0 N–H and O–H groups in total. The zero-order valence-corrected chi connectivity index (χ0v) is 18.8. The first-order valence-corrected chi connectivity index (χ1v) is 10.9. The SMILES string of the molecule is CC(C)(C)c1ccc(C2c3c(oc4ccc(Cl)cc4c3=O)C(=O)N2c2ccccc2)cc1. The van der Waals surface area contributed by atoms with Crippen molar-refractivity contribution < 1.29 is 9.21 Å². The second-order valence-corrected chi connectivity index (χ2v) is 9.54. The van der Waals surface area contributed by atoms with Gasteiger partial charge in [0.05, 0.1) is 17.0 Å². The Kier molecular flexibility index (Phi) is 4.72. The average Bonchev–Trinajstić information content (AvgIpc) is 3.07. The lowest BCUT2D eigenvalue weighted by atomic mass is 9.86. The summed E-state index contributed by atoms with van der Waals surface area (Å²) in [4.78, 5) is 28.8. The molecule has 1 aliphatic rings. The lowest BCUT2D eigenvalue weighted by molar-refractivity contribution is 0.0971. The van der Waals surface area contributed by atoms with E-state index in [4.69, 9.17) is 16.0 Å². The lowest BCUT2D eigenvalue weighted by Gasteiger charge is -2.26. The number of para-hydroxylation sites is 1. The molecule has 0 saturated heterocycles. The van der Waals surface area contributed by atoms with Crippen molar-refractivity contribution in [3.63, 3.8) is 0 Å². The van der Waals surface area contributed by atoms with Crippen LogP contribution in [0.5, 0.6) is 0 Å².